The number of rotatable bonds is 2. The molecule has 0 saturated heterocycles. The van der Waals surface area contributed by atoms with Crippen LogP contribution in [0.2, 0.25) is 5.02 Å². The molecule has 2 aromatic heterocycles. The molecular formula is C18H17ClN2O3. The molecule has 2 heterocycles. The minimum atomic E-state index is -0.220. The molecule has 6 heteroatoms. The van der Waals surface area contributed by atoms with Crippen molar-refractivity contribution < 1.29 is 14.9 Å². The number of hydrogen-bond acceptors (Lipinski definition) is 3. The lowest BCUT2D eigenvalue weighted by atomic mass is 9.79. The molecule has 124 valence electrons. The summed E-state index contributed by atoms with van der Waals surface area (Å²) >= 11 is 6.47. The van der Waals surface area contributed by atoms with Crippen molar-refractivity contribution in [3.63, 3.8) is 0 Å². The van der Waals surface area contributed by atoms with Crippen molar-refractivity contribution in [2.75, 3.05) is 7.11 Å². The number of halogens is 1. The molecule has 0 amide bonds. The number of benzene rings is 1. The molecular weight excluding hydrogens is 328 g/mol. The van der Waals surface area contributed by atoms with Gasteiger partial charge < -0.3 is 19.5 Å². The van der Waals surface area contributed by atoms with Gasteiger partial charge in [-0.05, 0) is 24.6 Å². The minimum Gasteiger partial charge on any atom is -0.496 e. The van der Waals surface area contributed by atoms with Gasteiger partial charge in [-0.3, -0.25) is 4.98 Å². The van der Waals surface area contributed by atoms with Crippen molar-refractivity contribution in [1.29, 1.82) is 0 Å². The number of nitrogens with one attached hydrogen (secondary N) is 1. The summed E-state index contributed by atoms with van der Waals surface area (Å²) < 4.78 is 7.52. The van der Waals surface area contributed by atoms with Crippen LogP contribution in [0.4, 0.5) is 0 Å². The maximum Gasteiger partial charge on any atom is 0.199 e. The van der Waals surface area contributed by atoms with Crippen LogP contribution in [0.1, 0.15) is 22.7 Å². The van der Waals surface area contributed by atoms with E-state index in [2.05, 4.69) is 4.98 Å². The van der Waals surface area contributed by atoms with Gasteiger partial charge in [-0.2, -0.15) is 0 Å². The normalized spacial score (nSPS) is 15.9. The van der Waals surface area contributed by atoms with Crippen LogP contribution in [0.15, 0.2) is 30.5 Å². The number of aromatic amines is 1. The van der Waals surface area contributed by atoms with Gasteiger partial charge in [-0.15, -0.1) is 0 Å². The minimum absolute atomic E-state index is 0.0364. The van der Waals surface area contributed by atoms with Crippen LogP contribution >= 0.6 is 11.6 Å². The van der Waals surface area contributed by atoms with E-state index >= 15 is 0 Å². The highest BCUT2D eigenvalue weighted by atomic mass is 35.5. The molecule has 4 rings (SSSR count). The Kier molecular flexibility index (Phi) is 3.28. The molecule has 3 aromatic rings. The number of aryl methyl sites for hydroxylation is 1. The number of nitrogens with zero attached hydrogens (tertiary/aromatic N) is 1. The first-order valence-electron chi connectivity index (χ1n) is 7.63. The van der Waals surface area contributed by atoms with Gasteiger partial charge in [0.1, 0.15) is 5.75 Å². The Morgan fingerprint density at radius 1 is 1.21 bits per heavy atom. The first-order chi connectivity index (χ1) is 11.5. The van der Waals surface area contributed by atoms with Gasteiger partial charge in [0, 0.05) is 46.6 Å². The van der Waals surface area contributed by atoms with E-state index in [9.17, 15) is 10.2 Å². The first kappa shape index (κ1) is 15.0. The van der Waals surface area contributed by atoms with Crippen LogP contribution < -0.4 is 4.74 Å². The van der Waals surface area contributed by atoms with E-state index in [0.29, 0.717) is 28.3 Å². The van der Waals surface area contributed by atoms with Gasteiger partial charge in [0.05, 0.1) is 12.7 Å². The smallest absolute Gasteiger partial charge is 0.199 e. The summed E-state index contributed by atoms with van der Waals surface area (Å²) in [4.78, 5) is 2.64. The molecule has 1 atom stereocenters. The van der Waals surface area contributed by atoms with E-state index < -0.39 is 0 Å². The second-order valence-corrected chi connectivity index (χ2v) is 6.42. The molecule has 0 spiro atoms. The van der Waals surface area contributed by atoms with Crippen molar-refractivity contribution in [1.82, 2.24) is 9.55 Å². The summed E-state index contributed by atoms with van der Waals surface area (Å²) in [5.41, 5.74) is 4.08. The third-order valence-corrected chi connectivity index (χ3v) is 5.13. The van der Waals surface area contributed by atoms with E-state index in [1.807, 2.05) is 42.1 Å². The maximum absolute atomic E-state index is 10.4. The molecule has 0 saturated carbocycles. The Bertz CT molecular complexity index is 942. The van der Waals surface area contributed by atoms with E-state index in [1.165, 1.54) is 0 Å². The summed E-state index contributed by atoms with van der Waals surface area (Å²) in [5.74, 6) is 0.368. The summed E-state index contributed by atoms with van der Waals surface area (Å²) in [6.07, 6.45) is 2.60. The van der Waals surface area contributed by atoms with Crippen LogP contribution in [-0.2, 0) is 13.5 Å². The van der Waals surface area contributed by atoms with Gasteiger partial charge in [-0.25, -0.2) is 0 Å². The van der Waals surface area contributed by atoms with E-state index in [0.717, 1.165) is 16.8 Å². The van der Waals surface area contributed by atoms with Crippen LogP contribution in [0.25, 0.3) is 11.1 Å². The fourth-order valence-corrected chi connectivity index (χ4v) is 4.02. The Labute approximate surface area is 144 Å². The molecule has 0 radical (unpaired) electrons. The zero-order valence-electron chi connectivity index (χ0n) is 13.3. The Morgan fingerprint density at radius 2 is 2.00 bits per heavy atom. The van der Waals surface area contributed by atoms with Gasteiger partial charge in [-0.1, -0.05) is 17.7 Å². The third-order valence-electron chi connectivity index (χ3n) is 4.80. The van der Waals surface area contributed by atoms with Crippen LogP contribution in [-0.4, -0.2) is 26.9 Å². The second-order valence-electron chi connectivity index (χ2n) is 6.01. The Morgan fingerprint density at radius 3 is 2.75 bits per heavy atom. The van der Waals surface area contributed by atoms with Crippen molar-refractivity contribution in [3.05, 3.63) is 52.3 Å². The molecule has 1 aliphatic carbocycles. The molecule has 0 aliphatic heterocycles. The monoisotopic (exact) mass is 344 g/mol. The summed E-state index contributed by atoms with van der Waals surface area (Å²) in [6.45, 7) is 0. The summed E-state index contributed by atoms with van der Waals surface area (Å²) in [6, 6.07) is 7.44. The first-order valence-corrected chi connectivity index (χ1v) is 8.01. The van der Waals surface area contributed by atoms with Crippen molar-refractivity contribution in [3.8, 4) is 28.6 Å². The van der Waals surface area contributed by atoms with E-state index in [4.69, 9.17) is 16.3 Å². The summed E-state index contributed by atoms with van der Waals surface area (Å²) in [5, 5.41) is 21.3. The highest BCUT2D eigenvalue weighted by molar-refractivity contribution is 6.31. The van der Waals surface area contributed by atoms with Gasteiger partial charge in [0.15, 0.2) is 11.8 Å². The largest absolute Gasteiger partial charge is 0.496 e. The number of H-pyrrole nitrogens is 1. The molecule has 24 heavy (non-hydrogen) atoms. The SMILES string of the molecule is COc1cccc(Cl)c1C1Cc2c(ccn2C)-c2c(O)[nH]c(O)c21. The Hall–Kier alpha value is -2.53. The van der Waals surface area contributed by atoms with Crippen molar-refractivity contribution in [2.45, 2.75) is 12.3 Å². The average Bonchev–Trinajstić information content (AvgIpc) is 3.07. The van der Waals surface area contributed by atoms with E-state index in [1.54, 1.807) is 7.11 Å². The fraction of sp³-hybridized carbons (Fsp3) is 0.222. The zero-order valence-corrected chi connectivity index (χ0v) is 14.1. The predicted octanol–water partition coefficient (Wildman–Crippen LogP) is 3.78. The predicted molar refractivity (Wildman–Crippen MR) is 92.1 cm³/mol. The second kappa shape index (κ2) is 5.24. The van der Waals surface area contributed by atoms with Gasteiger partial charge in [0.2, 0.25) is 0 Å². The topological polar surface area (TPSA) is 70.4 Å². The molecule has 3 N–H and O–H groups in total. The lowest BCUT2D eigenvalue weighted by Crippen LogP contribution is -2.14. The average molecular weight is 345 g/mol. The highest BCUT2D eigenvalue weighted by Crippen LogP contribution is 2.53. The number of aromatic hydroxyl groups is 2. The molecule has 5 nitrogen and oxygen atoms in total. The van der Waals surface area contributed by atoms with Crippen LogP contribution in [0.5, 0.6) is 17.5 Å². The van der Waals surface area contributed by atoms with Crippen molar-refractivity contribution >= 4 is 11.6 Å². The van der Waals surface area contributed by atoms with Crippen LogP contribution in [0.3, 0.4) is 0 Å². The number of hydrogen-bond donors (Lipinski definition) is 3. The Balaban J connectivity index is 2.02. The number of aromatic nitrogens is 2. The standard InChI is InChI=1S/C18H17ClN2O3/c1-21-7-6-9-12(21)8-10(16-15(9)17(22)20-18(16)23)14-11(19)4-3-5-13(14)24-2/h3-7,10,20,22-23H,8H2,1-2H3. The number of fused-ring (bicyclic) bond motifs is 3. The fourth-order valence-electron chi connectivity index (χ4n) is 3.72. The van der Waals surface area contributed by atoms with Gasteiger partial charge in [0.25, 0.3) is 0 Å². The molecule has 1 unspecified atom stereocenters. The number of methoxy groups -OCH3 is 1. The zero-order chi connectivity index (χ0) is 17.0. The number of ether oxygens (including phenoxy) is 1. The molecule has 0 fully saturated rings. The van der Waals surface area contributed by atoms with Crippen molar-refractivity contribution in [2.24, 2.45) is 7.05 Å². The lowest BCUT2D eigenvalue weighted by molar-refractivity contribution is 0.405. The summed E-state index contributed by atoms with van der Waals surface area (Å²) in [7, 11) is 3.57. The van der Waals surface area contributed by atoms with Crippen LogP contribution in [0, 0.1) is 0 Å². The highest BCUT2D eigenvalue weighted by Gasteiger charge is 2.36. The van der Waals surface area contributed by atoms with E-state index in [-0.39, 0.29) is 17.7 Å². The third kappa shape index (κ3) is 1.94. The molecule has 1 aromatic carbocycles. The quantitative estimate of drug-likeness (QED) is 0.662. The molecule has 0 bridgehead atoms. The van der Waals surface area contributed by atoms with Gasteiger partial charge >= 0.3 is 0 Å². The maximum atomic E-state index is 10.4. The molecule has 1 aliphatic rings. The lowest BCUT2D eigenvalue weighted by Gasteiger charge is -2.26.